The number of rotatable bonds is 11. The van der Waals surface area contributed by atoms with Gasteiger partial charge in [0.05, 0.1) is 30.9 Å². The lowest BCUT2D eigenvalue weighted by molar-refractivity contribution is -0.156. The van der Waals surface area contributed by atoms with Crippen LogP contribution in [0.3, 0.4) is 0 Å². The molecule has 0 aromatic heterocycles. The fourth-order valence-corrected chi connectivity index (χ4v) is 6.69. The molecule has 0 radical (unpaired) electrons. The number of amides is 3. The smallest absolute Gasteiger partial charge is 0.325 e. The van der Waals surface area contributed by atoms with E-state index in [2.05, 4.69) is 22.6 Å². The number of nitrogens with zero attached hydrogens (tertiary/aromatic N) is 2. The van der Waals surface area contributed by atoms with Crippen LogP contribution < -0.4 is 16.1 Å². The van der Waals surface area contributed by atoms with E-state index in [9.17, 15) is 39.3 Å². The second-order valence-electron chi connectivity index (χ2n) is 15.6. The third-order valence-electron chi connectivity index (χ3n) is 10.6. The number of hydroxylamine groups is 2. The van der Waals surface area contributed by atoms with Crippen molar-refractivity contribution < 1.29 is 48.9 Å². The van der Waals surface area contributed by atoms with Crippen LogP contribution in [0.4, 0.5) is 0 Å². The molecule has 6 N–H and O–H groups in total. The lowest BCUT2D eigenvalue weighted by Gasteiger charge is -2.36. The maximum absolute atomic E-state index is 14.3. The normalized spacial score (nSPS) is 27.1. The first-order valence-electron chi connectivity index (χ1n) is 20.1. The number of likely N-dealkylation sites (N-methyl/N-ethyl adjacent to an activating group) is 1. The minimum absolute atomic E-state index is 0.0201. The van der Waals surface area contributed by atoms with E-state index in [1.165, 1.54) is 42.3 Å². The first-order chi connectivity index (χ1) is 27.9. The highest BCUT2D eigenvalue weighted by molar-refractivity contribution is 5.93. The van der Waals surface area contributed by atoms with Crippen molar-refractivity contribution in [3.05, 3.63) is 90.2 Å². The molecule has 1 fully saturated rings. The number of Topliss-reactive ketones (excluding diaryl/α,β-unsaturated/α-hetero) is 1. The predicted octanol–water partition coefficient (Wildman–Crippen LogP) is 3.34. The Balaban J connectivity index is 2.08. The zero-order valence-electron chi connectivity index (χ0n) is 35.3. The number of aromatic hydroxyl groups is 1. The number of ether oxygens (including phenoxy) is 1. The third-order valence-corrected chi connectivity index (χ3v) is 10.6. The van der Waals surface area contributed by atoms with Gasteiger partial charge in [-0.15, -0.1) is 0 Å². The molecule has 15 nitrogen and oxygen atoms in total. The summed E-state index contributed by atoms with van der Waals surface area (Å²) >= 11 is 0. The van der Waals surface area contributed by atoms with E-state index < -0.39 is 77.9 Å². The predicted molar refractivity (Wildman–Crippen MR) is 223 cm³/mol. The van der Waals surface area contributed by atoms with Crippen molar-refractivity contribution in [3.63, 3.8) is 0 Å². The van der Waals surface area contributed by atoms with Crippen LogP contribution in [0.2, 0.25) is 0 Å². The highest BCUT2D eigenvalue weighted by Crippen LogP contribution is 2.24. The standard InChI is InChI=1S/C44H63N5O10/c1-27(2)39-42(55)45-36(26-32-17-13-18-33(51)25-32)43(56)49-24-14-19-35(47-49)44(57)59-38(28(3)15-12-16-29(4)48(7)58-8)21-11-9-10-20-37(52)31(6)40(53)34(41(54)46-39)23-22-30(5)50/h9-13,15-18,20,25,27,31,34-40,47,51-53H,4,14,19,21-24,26H2,1-3,5-8H3,(H,45,55)(H,46,54). The SMILES string of the molecule is C=C(C=CC=C(C)C1CC=CC=CC(O)C(C)C(O)C(CCC(C)=O)C(=O)NC(C(C)C)C(=O)NC(Cc2cccc(O)c2)C(=O)N2CCCC(N2)C(=O)O1)N(C)OC. The van der Waals surface area contributed by atoms with Crippen LogP contribution in [0, 0.1) is 17.8 Å². The summed E-state index contributed by atoms with van der Waals surface area (Å²) < 4.78 is 6.06. The summed E-state index contributed by atoms with van der Waals surface area (Å²) in [6.07, 6.45) is 9.41. The summed E-state index contributed by atoms with van der Waals surface area (Å²) in [6.45, 7) is 12.4. The van der Waals surface area contributed by atoms with Crippen LogP contribution in [0.5, 0.6) is 5.75 Å². The quantitative estimate of drug-likeness (QED) is 0.108. The molecule has 0 spiro atoms. The first-order valence-corrected chi connectivity index (χ1v) is 20.1. The summed E-state index contributed by atoms with van der Waals surface area (Å²) in [5, 5.41) is 41.1. The number of esters is 1. The molecule has 1 saturated heterocycles. The van der Waals surface area contributed by atoms with E-state index in [-0.39, 0.29) is 43.8 Å². The number of ketones is 1. The third kappa shape index (κ3) is 14.9. The number of carbonyl (C=O) groups excluding carboxylic acids is 5. The fraction of sp³-hybridized carbons (Fsp3) is 0.523. The highest BCUT2D eigenvalue weighted by atomic mass is 16.7. The Kier molecular flexibility index (Phi) is 19.2. The molecule has 0 aliphatic carbocycles. The Morgan fingerprint density at radius 3 is 2.51 bits per heavy atom. The number of hydrogen-bond acceptors (Lipinski definition) is 12. The Morgan fingerprint density at radius 1 is 1.12 bits per heavy atom. The van der Waals surface area contributed by atoms with Gasteiger partial charge >= 0.3 is 5.97 Å². The Hall–Kier alpha value is -5.09. The number of benzene rings is 1. The Labute approximate surface area is 347 Å². The molecule has 2 aliphatic rings. The molecule has 3 rings (SSSR count). The molecule has 2 aliphatic heterocycles. The molecular formula is C44H63N5O10. The van der Waals surface area contributed by atoms with Crippen molar-refractivity contribution in [1.29, 1.82) is 0 Å². The van der Waals surface area contributed by atoms with Crippen LogP contribution >= 0.6 is 0 Å². The van der Waals surface area contributed by atoms with Gasteiger partial charge in [0.2, 0.25) is 11.8 Å². The van der Waals surface area contributed by atoms with Crippen LogP contribution in [0.25, 0.3) is 0 Å². The van der Waals surface area contributed by atoms with Crippen molar-refractivity contribution in [3.8, 4) is 5.75 Å². The lowest BCUT2D eigenvalue weighted by atomic mass is 9.84. The van der Waals surface area contributed by atoms with E-state index in [0.29, 0.717) is 29.7 Å². The van der Waals surface area contributed by atoms with Crippen molar-refractivity contribution in [2.75, 3.05) is 20.7 Å². The number of aliphatic hydroxyl groups is 2. The number of aliphatic hydroxyl groups excluding tert-OH is 2. The van der Waals surface area contributed by atoms with Crippen LogP contribution in [0.1, 0.15) is 72.3 Å². The number of carbonyl (C=O) groups is 5. The number of phenols is 1. The molecular weight excluding hydrogens is 759 g/mol. The second-order valence-corrected chi connectivity index (χ2v) is 15.6. The van der Waals surface area contributed by atoms with E-state index in [4.69, 9.17) is 9.57 Å². The number of hydrazine groups is 1. The van der Waals surface area contributed by atoms with E-state index in [1.807, 2.05) is 6.92 Å². The molecule has 2 heterocycles. The van der Waals surface area contributed by atoms with E-state index >= 15 is 0 Å². The number of nitrogens with one attached hydrogen (secondary N) is 3. The van der Waals surface area contributed by atoms with Crippen LogP contribution in [0.15, 0.2) is 84.6 Å². The van der Waals surface area contributed by atoms with Crippen molar-refractivity contribution in [1.82, 2.24) is 26.1 Å². The zero-order chi connectivity index (χ0) is 43.8. The van der Waals surface area contributed by atoms with Gasteiger partial charge < -0.3 is 35.5 Å². The maximum atomic E-state index is 14.3. The molecule has 8 unspecified atom stereocenters. The van der Waals surface area contributed by atoms with Crippen molar-refractivity contribution >= 4 is 29.5 Å². The Morgan fingerprint density at radius 2 is 1.85 bits per heavy atom. The molecule has 0 saturated carbocycles. The van der Waals surface area contributed by atoms with Crippen LogP contribution in [-0.4, -0.2) is 112 Å². The number of cyclic esters (lactones) is 1. The minimum atomic E-state index is -1.41. The van der Waals surface area contributed by atoms with Gasteiger partial charge in [0.15, 0.2) is 0 Å². The number of fused-ring (bicyclic) bond motifs is 2. The minimum Gasteiger partial charge on any atom is -0.508 e. The van der Waals surface area contributed by atoms with Gasteiger partial charge in [-0.25, -0.2) is 5.43 Å². The average molecular weight is 822 g/mol. The topological polar surface area (TPSA) is 207 Å². The van der Waals surface area contributed by atoms with E-state index in [1.54, 1.807) is 76.4 Å². The van der Waals surface area contributed by atoms with Gasteiger partial charge in [-0.2, -0.15) is 0 Å². The van der Waals surface area contributed by atoms with Gasteiger partial charge in [0.25, 0.3) is 5.91 Å². The molecule has 1 aromatic rings. The first kappa shape index (κ1) is 48.3. The fourth-order valence-electron chi connectivity index (χ4n) is 6.69. The Bertz CT molecular complexity index is 1760. The monoisotopic (exact) mass is 821 g/mol. The van der Waals surface area contributed by atoms with Crippen LogP contribution in [-0.2, 0) is 40.0 Å². The summed E-state index contributed by atoms with van der Waals surface area (Å²) in [5.74, 6) is -5.26. The largest absolute Gasteiger partial charge is 0.508 e. The number of hydrogen-bond donors (Lipinski definition) is 6. The number of allylic oxidation sites excluding steroid dienone is 5. The maximum Gasteiger partial charge on any atom is 0.325 e. The van der Waals surface area contributed by atoms with Gasteiger partial charge in [-0.05, 0) is 68.4 Å². The average Bonchev–Trinajstić information content (AvgIpc) is 3.20. The molecule has 2 bridgehead atoms. The van der Waals surface area contributed by atoms with Gasteiger partial charge in [0, 0.05) is 38.8 Å². The molecule has 8 atom stereocenters. The van der Waals surface area contributed by atoms with Gasteiger partial charge in [0.1, 0.15) is 35.8 Å². The zero-order valence-corrected chi connectivity index (χ0v) is 35.3. The molecule has 15 heteroatoms. The summed E-state index contributed by atoms with van der Waals surface area (Å²) in [7, 11) is 3.22. The van der Waals surface area contributed by atoms with Crippen molar-refractivity contribution in [2.45, 2.75) is 110 Å². The summed E-state index contributed by atoms with van der Waals surface area (Å²) in [4.78, 5) is 73.3. The summed E-state index contributed by atoms with van der Waals surface area (Å²) in [5.41, 5.74) is 4.84. The molecule has 1 aromatic carbocycles. The molecule has 324 valence electrons. The van der Waals surface area contributed by atoms with Crippen molar-refractivity contribution in [2.24, 2.45) is 17.8 Å². The van der Waals surface area contributed by atoms with Gasteiger partial charge in [-0.1, -0.05) is 75.9 Å². The second kappa shape index (κ2) is 23.5. The lowest BCUT2D eigenvalue weighted by Crippen LogP contribution is -2.62. The van der Waals surface area contributed by atoms with Gasteiger partial charge in [-0.3, -0.25) is 34.1 Å². The molecule has 59 heavy (non-hydrogen) atoms. The molecule has 3 amide bonds. The number of phenolic OH excluding ortho intramolecular Hbond substituents is 1. The van der Waals surface area contributed by atoms with E-state index in [0.717, 1.165) is 0 Å². The highest BCUT2D eigenvalue weighted by Gasteiger charge is 2.38. The summed E-state index contributed by atoms with van der Waals surface area (Å²) in [6, 6.07) is 3.00.